The molecule has 0 aromatic heterocycles. The van der Waals surface area contributed by atoms with Crippen molar-refractivity contribution in [2.45, 2.75) is 12.5 Å². The first-order chi connectivity index (χ1) is 11.4. The fourth-order valence-corrected chi connectivity index (χ4v) is 3.28. The third-order valence-electron chi connectivity index (χ3n) is 4.33. The third-order valence-corrected chi connectivity index (χ3v) is 4.83. The van der Waals surface area contributed by atoms with E-state index in [-0.39, 0.29) is 12.5 Å². The van der Waals surface area contributed by atoms with Gasteiger partial charge in [-0.25, -0.2) is 4.79 Å². The van der Waals surface area contributed by atoms with Crippen LogP contribution in [0, 0.1) is 0 Å². The van der Waals surface area contributed by atoms with Crippen LogP contribution in [0.4, 0.5) is 4.79 Å². The number of nitrogens with one attached hydrogen (secondary N) is 1. The number of nitrogens with zero attached hydrogens (tertiary/aromatic N) is 2. The number of carbonyl (C=O) groups excluding carboxylic acids is 3. The highest BCUT2D eigenvalue weighted by atomic mass is 79.9. The van der Waals surface area contributed by atoms with Crippen molar-refractivity contribution in [3.8, 4) is 0 Å². The van der Waals surface area contributed by atoms with E-state index in [0.29, 0.717) is 31.9 Å². The lowest BCUT2D eigenvalue weighted by Gasteiger charge is -2.28. The fraction of sp³-hybridized carbons (Fsp3) is 0.438. The first-order valence-electron chi connectivity index (χ1n) is 7.67. The quantitative estimate of drug-likeness (QED) is 0.776. The number of hydrogen-bond donors (Lipinski definition) is 1. The predicted octanol–water partition coefficient (Wildman–Crippen LogP) is 1.07. The smallest absolute Gasteiger partial charge is 0.325 e. The Morgan fingerprint density at radius 1 is 1.33 bits per heavy atom. The Kier molecular flexibility index (Phi) is 4.60. The highest BCUT2D eigenvalue weighted by molar-refractivity contribution is 9.10. The van der Waals surface area contributed by atoms with Crippen molar-refractivity contribution in [3.05, 3.63) is 34.3 Å². The number of urea groups is 1. The highest BCUT2D eigenvalue weighted by Gasteiger charge is 2.49. The molecule has 128 valence electrons. The molecule has 2 aliphatic rings. The molecule has 8 heteroatoms. The van der Waals surface area contributed by atoms with Crippen molar-refractivity contribution in [1.82, 2.24) is 15.1 Å². The third kappa shape index (κ3) is 3.03. The largest absolute Gasteiger partial charge is 0.378 e. The molecule has 0 aliphatic carbocycles. The van der Waals surface area contributed by atoms with E-state index < -0.39 is 17.5 Å². The van der Waals surface area contributed by atoms with Crippen LogP contribution in [0.25, 0.3) is 0 Å². The predicted molar refractivity (Wildman–Crippen MR) is 89.1 cm³/mol. The van der Waals surface area contributed by atoms with Crippen molar-refractivity contribution in [3.63, 3.8) is 0 Å². The van der Waals surface area contributed by atoms with Gasteiger partial charge in [-0.05, 0) is 24.6 Å². The minimum atomic E-state index is -1.17. The molecular formula is C16H18BrN3O4. The maximum atomic E-state index is 12.8. The Morgan fingerprint density at radius 2 is 2.04 bits per heavy atom. The van der Waals surface area contributed by atoms with E-state index in [1.807, 2.05) is 6.07 Å². The molecule has 2 heterocycles. The summed E-state index contributed by atoms with van der Waals surface area (Å²) in [6.07, 6.45) is 0. The van der Waals surface area contributed by atoms with Crippen molar-refractivity contribution >= 4 is 33.8 Å². The van der Waals surface area contributed by atoms with E-state index in [9.17, 15) is 14.4 Å². The summed E-state index contributed by atoms with van der Waals surface area (Å²) >= 11 is 3.37. The van der Waals surface area contributed by atoms with Gasteiger partial charge in [-0.1, -0.05) is 28.1 Å². The van der Waals surface area contributed by atoms with Crippen LogP contribution in [0.1, 0.15) is 12.5 Å². The number of amides is 4. The van der Waals surface area contributed by atoms with Gasteiger partial charge in [0.1, 0.15) is 12.1 Å². The van der Waals surface area contributed by atoms with Gasteiger partial charge in [0.2, 0.25) is 5.91 Å². The van der Waals surface area contributed by atoms with Crippen LogP contribution >= 0.6 is 15.9 Å². The fourth-order valence-electron chi connectivity index (χ4n) is 2.88. The lowest BCUT2D eigenvalue weighted by atomic mass is 9.92. The molecule has 1 atom stereocenters. The maximum absolute atomic E-state index is 12.8. The second-order valence-corrected chi connectivity index (χ2v) is 6.87. The zero-order chi connectivity index (χ0) is 17.3. The van der Waals surface area contributed by atoms with E-state index in [1.165, 1.54) is 0 Å². The van der Waals surface area contributed by atoms with Crippen LogP contribution in [0.15, 0.2) is 28.7 Å². The first kappa shape index (κ1) is 16.9. The summed E-state index contributed by atoms with van der Waals surface area (Å²) in [5.41, 5.74) is -0.511. The normalized spacial score (nSPS) is 24.2. The number of ether oxygens (including phenoxy) is 1. The van der Waals surface area contributed by atoms with E-state index in [4.69, 9.17) is 4.74 Å². The van der Waals surface area contributed by atoms with Gasteiger partial charge in [0.15, 0.2) is 0 Å². The summed E-state index contributed by atoms with van der Waals surface area (Å²) < 4.78 is 6.02. The number of benzene rings is 1. The minimum absolute atomic E-state index is 0.250. The second kappa shape index (κ2) is 6.52. The van der Waals surface area contributed by atoms with Gasteiger partial charge < -0.3 is 15.0 Å². The zero-order valence-electron chi connectivity index (χ0n) is 13.3. The number of carbonyl (C=O) groups is 3. The van der Waals surface area contributed by atoms with Gasteiger partial charge in [0.25, 0.3) is 5.91 Å². The molecule has 0 bridgehead atoms. The Hall–Kier alpha value is -1.93. The molecule has 0 radical (unpaired) electrons. The Balaban J connectivity index is 1.77. The van der Waals surface area contributed by atoms with Crippen molar-refractivity contribution < 1.29 is 19.1 Å². The Bertz CT molecular complexity index is 690. The summed E-state index contributed by atoms with van der Waals surface area (Å²) in [6, 6.07) is 6.64. The highest BCUT2D eigenvalue weighted by Crippen LogP contribution is 2.30. The summed E-state index contributed by atoms with van der Waals surface area (Å²) in [5.74, 6) is -0.674. The van der Waals surface area contributed by atoms with Gasteiger partial charge in [0.05, 0.1) is 13.2 Å². The molecule has 7 nitrogen and oxygen atoms in total. The average molecular weight is 396 g/mol. The average Bonchev–Trinajstić information content (AvgIpc) is 2.80. The van der Waals surface area contributed by atoms with E-state index in [2.05, 4.69) is 21.2 Å². The van der Waals surface area contributed by atoms with E-state index >= 15 is 0 Å². The molecule has 3 rings (SSSR count). The van der Waals surface area contributed by atoms with Crippen LogP contribution in [0.5, 0.6) is 0 Å². The van der Waals surface area contributed by atoms with Crippen molar-refractivity contribution in [2.75, 3.05) is 32.8 Å². The van der Waals surface area contributed by atoms with E-state index in [0.717, 1.165) is 9.37 Å². The lowest BCUT2D eigenvalue weighted by molar-refractivity contribution is -0.141. The van der Waals surface area contributed by atoms with Crippen LogP contribution < -0.4 is 5.32 Å². The zero-order valence-corrected chi connectivity index (χ0v) is 14.8. The Morgan fingerprint density at radius 3 is 2.71 bits per heavy atom. The van der Waals surface area contributed by atoms with Gasteiger partial charge in [-0.15, -0.1) is 0 Å². The monoisotopic (exact) mass is 395 g/mol. The molecule has 2 aliphatic heterocycles. The molecule has 0 unspecified atom stereocenters. The molecule has 0 saturated carbocycles. The molecule has 4 amide bonds. The van der Waals surface area contributed by atoms with Gasteiger partial charge in [0, 0.05) is 17.6 Å². The van der Waals surface area contributed by atoms with Gasteiger partial charge in [-0.2, -0.15) is 0 Å². The van der Waals surface area contributed by atoms with Gasteiger partial charge in [-0.3, -0.25) is 14.5 Å². The summed E-state index contributed by atoms with van der Waals surface area (Å²) in [7, 11) is 0. The molecule has 2 fully saturated rings. The molecule has 24 heavy (non-hydrogen) atoms. The minimum Gasteiger partial charge on any atom is -0.378 e. The number of imide groups is 1. The van der Waals surface area contributed by atoms with Crippen LogP contribution in [0.2, 0.25) is 0 Å². The molecule has 1 aromatic carbocycles. The van der Waals surface area contributed by atoms with Gasteiger partial charge >= 0.3 is 6.03 Å². The number of halogens is 1. The Labute approximate surface area is 148 Å². The molecule has 1 N–H and O–H groups in total. The summed E-state index contributed by atoms with van der Waals surface area (Å²) in [4.78, 5) is 40.0. The molecular weight excluding hydrogens is 378 g/mol. The number of rotatable bonds is 3. The van der Waals surface area contributed by atoms with Crippen LogP contribution in [0.3, 0.4) is 0 Å². The first-order valence-corrected chi connectivity index (χ1v) is 8.47. The molecule has 2 saturated heterocycles. The molecule has 0 spiro atoms. The molecule has 1 aromatic rings. The number of hydrogen-bond acceptors (Lipinski definition) is 4. The van der Waals surface area contributed by atoms with E-state index in [1.54, 1.807) is 30.0 Å². The van der Waals surface area contributed by atoms with Crippen molar-refractivity contribution in [1.29, 1.82) is 0 Å². The summed E-state index contributed by atoms with van der Waals surface area (Å²) in [5, 5.41) is 2.70. The second-order valence-electron chi connectivity index (χ2n) is 5.95. The lowest BCUT2D eigenvalue weighted by Crippen LogP contribution is -2.47. The topological polar surface area (TPSA) is 79.0 Å². The standard InChI is InChI=1S/C16H18BrN3O4/c1-16(11-3-2-4-12(17)9-11)14(22)20(15(23)18-16)10-13(21)19-5-7-24-8-6-19/h2-4,9H,5-8,10H2,1H3,(H,18,23)/t16-/m1/s1. The maximum Gasteiger partial charge on any atom is 0.325 e. The van der Waals surface area contributed by atoms with Crippen LogP contribution in [-0.4, -0.2) is 60.5 Å². The van der Waals surface area contributed by atoms with Crippen molar-refractivity contribution in [2.24, 2.45) is 0 Å². The van der Waals surface area contributed by atoms with Crippen LogP contribution in [-0.2, 0) is 19.9 Å². The SMILES string of the molecule is C[C@]1(c2cccc(Br)c2)NC(=O)N(CC(=O)N2CCOCC2)C1=O. The number of morpholine rings is 1. The summed E-state index contributed by atoms with van der Waals surface area (Å²) in [6.45, 7) is 3.29.